The molecule has 2 aromatic heterocycles. The first-order chi connectivity index (χ1) is 10.8. The van der Waals surface area contributed by atoms with E-state index in [9.17, 15) is 23.3 Å². The van der Waals surface area contributed by atoms with Gasteiger partial charge in [0.2, 0.25) is 5.82 Å². The molecule has 3 aromatic rings. The fourth-order valence-electron chi connectivity index (χ4n) is 1.75. The predicted octanol–water partition coefficient (Wildman–Crippen LogP) is 3.05. The van der Waals surface area contributed by atoms with E-state index in [-0.39, 0.29) is 23.1 Å². The van der Waals surface area contributed by atoms with Crippen molar-refractivity contribution in [2.45, 2.75) is 6.18 Å². The number of alkyl halides is 3. The van der Waals surface area contributed by atoms with Crippen LogP contribution in [-0.4, -0.2) is 25.3 Å². The van der Waals surface area contributed by atoms with Crippen molar-refractivity contribution < 1.29 is 22.6 Å². The highest BCUT2D eigenvalue weighted by atomic mass is 19.4. The number of nitrogens with one attached hydrogen (secondary N) is 1. The molecular formula is C12H6F3N5O3. The summed E-state index contributed by atoms with van der Waals surface area (Å²) in [6.45, 7) is 0. The van der Waals surface area contributed by atoms with E-state index >= 15 is 0 Å². The average molecular weight is 325 g/mol. The second-order valence-corrected chi connectivity index (χ2v) is 4.39. The number of halogens is 3. The molecule has 0 aliphatic carbocycles. The summed E-state index contributed by atoms with van der Waals surface area (Å²) >= 11 is 0. The molecule has 0 aliphatic rings. The lowest BCUT2D eigenvalue weighted by molar-refractivity contribution is -0.384. The molecule has 2 heterocycles. The van der Waals surface area contributed by atoms with Crippen molar-refractivity contribution in [2.75, 3.05) is 0 Å². The van der Waals surface area contributed by atoms with Crippen molar-refractivity contribution in [2.24, 2.45) is 0 Å². The lowest BCUT2D eigenvalue weighted by Gasteiger charge is -1.99. The van der Waals surface area contributed by atoms with Crippen LogP contribution >= 0.6 is 0 Å². The van der Waals surface area contributed by atoms with Crippen LogP contribution in [-0.2, 0) is 6.18 Å². The first kappa shape index (κ1) is 14.7. The molecule has 8 nitrogen and oxygen atoms in total. The molecule has 0 amide bonds. The molecular weight excluding hydrogens is 319 g/mol. The number of rotatable bonds is 3. The van der Waals surface area contributed by atoms with Gasteiger partial charge in [0, 0.05) is 23.8 Å². The van der Waals surface area contributed by atoms with Crippen LogP contribution in [0.4, 0.5) is 18.9 Å². The van der Waals surface area contributed by atoms with E-state index in [4.69, 9.17) is 4.52 Å². The summed E-state index contributed by atoms with van der Waals surface area (Å²) in [6.07, 6.45) is -4.56. The number of benzene rings is 1. The number of aromatic amines is 1. The first-order valence-corrected chi connectivity index (χ1v) is 6.06. The summed E-state index contributed by atoms with van der Waals surface area (Å²) in [5.74, 6) is -0.128. The third-order valence-corrected chi connectivity index (χ3v) is 2.86. The second-order valence-electron chi connectivity index (χ2n) is 4.39. The molecule has 0 bridgehead atoms. The van der Waals surface area contributed by atoms with Gasteiger partial charge in [-0.15, -0.1) is 0 Å². The van der Waals surface area contributed by atoms with Crippen molar-refractivity contribution in [1.82, 2.24) is 20.3 Å². The molecule has 0 fully saturated rings. The van der Waals surface area contributed by atoms with Gasteiger partial charge in [0.05, 0.1) is 4.92 Å². The molecule has 0 aliphatic heterocycles. The number of aromatic nitrogens is 4. The lowest BCUT2D eigenvalue weighted by atomic mass is 10.2. The third kappa shape index (κ3) is 2.88. The van der Waals surface area contributed by atoms with E-state index in [1.807, 2.05) is 5.10 Å². The van der Waals surface area contributed by atoms with Gasteiger partial charge in [0.15, 0.2) is 5.69 Å². The summed E-state index contributed by atoms with van der Waals surface area (Å²) < 4.78 is 42.4. The van der Waals surface area contributed by atoms with E-state index < -0.39 is 16.8 Å². The topological polar surface area (TPSA) is 111 Å². The van der Waals surface area contributed by atoms with Gasteiger partial charge in [-0.05, 0) is 12.1 Å². The number of hydrogen-bond donors (Lipinski definition) is 1. The van der Waals surface area contributed by atoms with Crippen LogP contribution in [0.1, 0.15) is 5.69 Å². The Labute approximate surface area is 125 Å². The van der Waals surface area contributed by atoms with Gasteiger partial charge in [-0.3, -0.25) is 15.2 Å². The quantitative estimate of drug-likeness (QED) is 0.585. The fraction of sp³-hybridized carbons (Fsp3) is 0.0833. The number of non-ortho nitro benzene ring substituents is 1. The Morgan fingerprint density at radius 3 is 2.48 bits per heavy atom. The second kappa shape index (κ2) is 5.19. The van der Waals surface area contributed by atoms with Gasteiger partial charge in [-0.1, -0.05) is 5.16 Å². The zero-order valence-electron chi connectivity index (χ0n) is 11.0. The standard InChI is InChI=1S/C12H6F3N5O3/c13-12(14,15)9-5-8(17-18-9)11-16-10(19-23-11)6-1-3-7(4-2-6)20(21)22/h1-5H,(H,17,18). The SMILES string of the molecule is O=[N+]([O-])c1ccc(-c2noc(-c3cc(C(F)(F)F)[nH]n3)n2)cc1. The average Bonchev–Trinajstić information content (AvgIpc) is 3.16. The highest BCUT2D eigenvalue weighted by Gasteiger charge is 2.33. The summed E-state index contributed by atoms with van der Waals surface area (Å²) in [6, 6.07) is 6.05. The number of hydrogen-bond acceptors (Lipinski definition) is 6. The molecule has 0 atom stereocenters. The first-order valence-electron chi connectivity index (χ1n) is 6.06. The van der Waals surface area contributed by atoms with Gasteiger partial charge in [-0.2, -0.15) is 23.3 Å². The largest absolute Gasteiger partial charge is 0.432 e. The lowest BCUT2D eigenvalue weighted by Crippen LogP contribution is -2.04. The van der Waals surface area contributed by atoms with Crippen LogP contribution in [0.3, 0.4) is 0 Å². The Bertz CT molecular complexity index is 853. The Kier molecular flexibility index (Phi) is 3.32. The molecule has 0 saturated heterocycles. The Hall–Kier alpha value is -3.24. The molecule has 118 valence electrons. The Morgan fingerprint density at radius 2 is 1.91 bits per heavy atom. The Morgan fingerprint density at radius 1 is 1.22 bits per heavy atom. The van der Waals surface area contributed by atoms with Gasteiger partial charge in [-0.25, -0.2) is 0 Å². The van der Waals surface area contributed by atoms with Crippen LogP contribution in [0.15, 0.2) is 34.9 Å². The van der Waals surface area contributed by atoms with Gasteiger partial charge in [0.25, 0.3) is 11.6 Å². The Balaban J connectivity index is 1.88. The number of nitro groups is 1. The van der Waals surface area contributed by atoms with Crippen LogP contribution in [0.5, 0.6) is 0 Å². The maximum absolute atomic E-state index is 12.5. The summed E-state index contributed by atoms with van der Waals surface area (Å²) in [4.78, 5) is 13.9. The van der Waals surface area contributed by atoms with Crippen molar-refractivity contribution in [1.29, 1.82) is 0 Å². The minimum absolute atomic E-state index is 0.0754. The molecule has 0 spiro atoms. The van der Waals surface area contributed by atoms with Crippen LogP contribution in [0.25, 0.3) is 23.0 Å². The molecule has 0 unspecified atom stereocenters. The summed E-state index contributed by atoms with van der Waals surface area (Å²) in [5, 5.41) is 19.5. The van der Waals surface area contributed by atoms with Crippen molar-refractivity contribution in [3.05, 3.63) is 46.1 Å². The molecule has 0 saturated carbocycles. The van der Waals surface area contributed by atoms with Crippen molar-refractivity contribution in [3.63, 3.8) is 0 Å². The van der Waals surface area contributed by atoms with E-state index in [0.717, 1.165) is 6.07 Å². The zero-order valence-corrected chi connectivity index (χ0v) is 11.0. The van der Waals surface area contributed by atoms with Crippen LogP contribution < -0.4 is 0 Å². The number of nitro benzene ring substituents is 1. The molecule has 1 aromatic carbocycles. The highest BCUT2D eigenvalue weighted by molar-refractivity contribution is 5.59. The predicted molar refractivity (Wildman–Crippen MR) is 69.0 cm³/mol. The van der Waals surface area contributed by atoms with Crippen molar-refractivity contribution in [3.8, 4) is 23.0 Å². The summed E-state index contributed by atoms with van der Waals surface area (Å²) in [5.41, 5.74) is -0.891. The van der Waals surface area contributed by atoms with E-state index in [1.165, 1.54) is 24.3 Å². The zero-order chi connectivity index (χ0) is 16.6. The van der Waals surface area contributed by atoms with Crippen LogP contribution in [0, 0.1) is 10.1 Å². The van der Waals surface area contributed by atoms with Gasteiger partial charge < -0.3 is 4.52 Å². The molecule has 1 N–H and O–H groups in total. The number of nitrogens with zero attached hydrogens (tertiary/aromatic N) is 4. The molecule has 23 heavy (non-hydrogen) atoms. The maximum Gasteiger partial charge on any atom is 0.432 e. The molecule has 11 heteroatoms. The van der Waals surface area contributed by atoms with E-state index in [2.05, 4.69) is 15.2 Å². The summed E-state index contributed by atoms with van der Waals surface area (Å²) in [7, 11) is 0. The minimum atomic E-state index is -4.56. The highest BCUT2D eigenvalue weighted by Crippen LogP contribution is 2.30. The van der Waals surface area contributed by atoms with E-state index in [1.54, 1.807) is 0 Å². The van der Waals surface area contributed by atoms with Gasteiger partial charge >= 0.3 is 6.18 Å². The maximum atomic E-state index is 12.5. The fourth-order valence-corrected chi connectivity index (χ4v) is 1.75. The van der Waals surface area contributed by atoms with Crippen LogP contribution in [0.2, 0.25) is 0 Å². The molecule has 3 rings (SSSR count). The minimum Gasteiger partial charge on any atom is -0.332 e. The number of H-pyrrole nitrogens is 1. The van der Waals surface area contributed by atoms with E-state index in [0.29, 0.717) is 5.56 Å². The smallest absolute Gasteiger partial charge is 0.332 e. The normalized spacial score (nSPS) is 11.6. The van der Waals surface area contributed by atoms with Gasteiger partial charge in [0.1, 0.15) is 5.69 Å². The third-order valence-electron chi connectivity index (χ3n) is 2.86. The molecule has 0 radical (unpaired) electrons. The monoisotopic (exact) mass is 325 g/mol. The van der Waals surface area contributed by atoms with Crippen molar-refractivity contribution >= 4 is 5.69 Å².